The van der Waals surface area contributed by atoms with Gasteiger partial charge in [0, 0.05) is 5.92 Å². The first-order valence-corrected chi connectivity index (χ1v) is 5.53. The SMILES string of the molecule is Cc1ccccc1C(O)C1COC(C)C1. The van der Waals surface area contributed by atoms with Gasteiger partial charge in [-0.1, -0.05) is 24.3 Å². The smallest absolute Gasteiger partial charge is 0.0843 e. The van der Waals surface area contributed by atoms with Gasteiger partial charge in [0.05, 0.1) is 18.8 Å². The van der Waals surface area contributed by atoms with Crippen molar-refractivity contribution in [2.45, 2.75) is 32.5 Å². The lowest BCUT2D eigenvalue weighted by Crippen LogP contribution is -2.13. The lowest BCUT2D eigenvalue weighted by molar-refractivity contribution is 0.0801. The molecule has 1 fully saturated rings. The molecular weight excluding hydrogens is 188 g/mol. The summed E-state index contributed by atoms with van der Waals surface area (Å²) < 4.78 is 5.49. The molecule has 1 aliphatic heterocycles. The summed E-state index contributed by atoms with van der Waals surface area (Å²) in [6.07, 6.45) is 0.861. The Morgan fingerprint density at radius 2 is 2.13 bits per heavy atom. The Morgan fingerprint density at radius 1 is 1.40 bits per heavy atom. The van der Waals surface area contributed by atoms with Crippen LogP contribution < -0.4 is 0 Å². The molecule has 0 aliphatic carbocycles. The van der Waals surface area contributed by atoms with Gasteiger partial charge in [-0.05, 0) is 31.4 Å². The minimum Gasteiger partial charge on any atom is -0.388 e. The molecule has 0 radical (unpaired) electrons. The number of hydrogen-bond donors (Lipinski definition) is 1. The van der Waals surface area contributed by atoms with E-state index in [0.717, 1.165) is 17.5 Å². The predicted molar refractivity (Wildman–Crippen MR) is 59.7 cm³/mol. The van der Waals surface area contributed by atoms with Gasteiger partial charge in [-0.3, -0.25) is 0 Å². The van der Waals surface area contributed by atoms with E-state index in [9.17, 15) is 5.11 Å². The maximum atomic E-state index is 10.2. The van der Waals surface area contributed by atoms with Gasteiger partial charge in [-0.15, -0.1) is 0 Å². The number of ether oxygens (including phenoxy) is 1. The molecule has 0 spiro atoms. The van der Waals surface area contributed by atoms with Crippen molar-refractivity contribution >= 4 is 0 Å². The van der Waals surface area contributed by atoms with Crippen molar-refractivity contribution in [2.75, 3.05) is 6.61 Å². The summed E-state index contributed by atoms with van der Waals surface area (Å²) in [5.41, 5.74) is 2.20. The van der Waals surface area contributed by atoms with E-state index in [-0.39, 0.29) is 18.1 Å². The number of aliphatic hydroxyl groups is 1. The molecule has 1 N–H and O–H groups in total. The molecule has 82 valence electrons. The van der Waals surface area contributed by atoms with Crippen LogP contribution in [0.5, 0.6) is 0 Å². The highest BCUT2D eigenvalue weighted by Gasteiger charge is 2.29. The summed E-state index contributed by atoms with van der Waals surface area (Å²) in [6, 6.07) is 8.02. The van der Waals surface area contributed by atoms with Crippen LogP contribution in [0.4, 0.5) is 0 Å². The van der Waals surface area contributed by atoms with Crippen molar-refractivity contribution in [3.63, 3.8) is 0 Å². The highest BCUT2D eigenvalue weighted by molar-refractivity contribution is 5.28. The third-order valence-corrected chi connectivity index (χ3v) is 3.18. The summed E-state index contributed by atoms with van der Waals surface area (Å²) in [5.74, 6) is 0.251. The van der Waals surface area contributed by atoms with Crippen molar-refractivity contribution < 1.29 is 9.84 Å². The minimum absolute atomic E-state index is 0.251. The van der Waals surface area contributed by atoms with E-state index in [4.69, 9.17) is 4.74 Å². The second kappa shape index (κ2) is 4.33. The van der Waals surface area contributed by atoms with E-state index in [1.54, 1.807) is 0 Å². The van der Waals surface area contributed by atoms with Gasteiger partial charge in [0.15, 0.2) is 0 Å². The molecule has 3 atom stereocenters. The highest BCUT2D eigenvalue weighted by Crippen LogP contribution is 2.32. The Labute approximate surface area is 90.9 Å². The van der Waals surface area contributed by atoms with Gasteiger partial charge in [-0.25, -0.2) is 0 Å². The fraction of sp³-hybridized carbons (Fsp3) is 0.538. The Balaban J connectivity index is 2.14. The quantitative estimate of drug-likeness (QED) is 0.805. The maximum absolute atomic E-state index is 10.2. The van der Waals surface area contributed by atoms with Gasteiger partial charge in [-0.2, -0.15) is 0 Å². The Hall–Kier alpha value is -0.860. The number of rotatable bonds is 2. The average molecular weight is 206 g/mol. The van der Waals surface area contributed by atoms with E-state index < -0.39 is 0 Å². The van der Waals surface area contributed by atoms with Gasteiger partial charge >= 0.3 is 0 Å². The van der Waals surface area contributed by atoms with Gasteiger partial charge in [0.2, 0.25) is 0 Å². The van der Waals surface area contributed by atoms with Crippen molar-refractivity contribution in [3.8, 4) is 0 Å². The predicted octanol–water partition coefficient (Wildman–Crippen LogP) is 2.45. The summed E-state index contributed by atoms with van der Waals surface area (Å²) in [5, 5.41) is 10.2. The number of benzene rings is 1. The second-order valence-corrected chi connectivity index (χ2v) is 4.44. The lowest BCUT2D eigenvalue weighted by atomic mass is 9.91. The van der Waals surface area contributed by atoms with Crippen LogP contribution >= 0.6 is 0 Å². The first kappa shape index (κ1) is 10.7. The van der Waals surface area contributed by atoms with Crippen molar-refractivity contribution in [1.29, 1.82) is 0 Å². The molecule has 1 aliphatic rings. The minimum atomic E-state index is -0.379. The topological polar surface area (TPSA) is 29.5 Å². The van der Waals surface area contributed by atoms with Crippen LogP contribution in [-0.4, -0.2) is 17.8 Å². The van der Waals surface area contributed by atoms with Crippen molar-refractivity contribution in [3.05, 3.63) is 35.4 Å². The zero-order chi connectivity index (χ0) is 10.8. The lowest BCUT2D eigenvalue weighted by Gasteiger charge is -2.18. The third-order valence-electron chi connectivity index (χ3n) is 3.18. The molecule has 2 nitrogen and oxygen atoms in total. The molecule has 1 aromatic rings. The van der Waals surface area contributed by atoms with Crippen LogP contribution in [-0.2, 0) is 4.74 Å². The van der Waals surface area contributed by atoms with Crippen LogP contribution in [0.2, 0.25) is 0 Å². The molecule has 15 heavy (non-hydrogen) atoms. The van der Waals surface area contributed by atoms with Crippen LogP contribution in [0.25, 0.3) is 0 Å². The van der Waals surface area contributed by atoms with E-state index in [1.165, 1.54) is 0 Å². The monoisotopic (exact) mass is 206 g/mol. The molecular formula is C13H18O2. The van der Waals surface area contributed by atoms with E-state index in [1.807, 2.05) is 31.2 Å². The van der Waals surface area contributed by atoms with Crippen LogP contribution in [0.1, 0.15) is 30.6 Å². The van der Waals surface area contributed by atoms with Crippen LogP contribution in [0.15, 0.2) is 24.3 Å². The van der Waals surface area contributed by atoms with Gasteiger partial charge in [0.25, 0.3) is 0 Å². The van der Waals surface area contributed by atoms with Crippen molar-refractivity contribution in [2.24, 2.45) is 5.92 Å². The summed E-state index contributed by atoms with van der Waals surface area (Å²) in [4.78, 5) is 0. The zero-order valence-electron chi connectivity index (χ0n) is 9.31. The van der Waals surface area contributed by atoms with Gasteiger partial charge < -0.3 is 9.84 Å². The summed E-state index contributed by atoms with van der Waals surface area (Å²) in [7, 11) is 0. The molecule has 1 saturated heterocycles. The Kier molecular flexibility index (Phi) is 3.08. The highest BCUT2D eigenvalue weighted by atomic mass is 16.5. The normalized spacial score (nSPS) is 27.9. The average Bonchev–Trinajstić information content (AvgIpc) is 2.65. The number of aliphatic hydroxyl groups excluding tert-OH is 1. The van der Waals surface area contributed by atoms with Gasteiger partial charge in [0.1, 0.15) is 0 Å². The van der Waals surface area contributed by atoms with Crippen LogP contribution in [0, 0.1) is 12.8 Å². The molecule has 0 saturated carbocycles. The van der Waals surface area contributed by atoms with E-state index in [0.29, 0.717) is 6.61 Å². The van der Waals surface area contributed by atoms with Crippen molar-refractivity contribution in [1.82, 2.24) is 0 Å². The first-order chi connectivity index (χ1) is 7.18. The molecule has 0 aromatic heterocycles. The fourth-order valence-corrected chi connectivity index (χ4v) is 2.24. The Bertz CT molecular complexity index is 335. The second-order valence-electron chi connectivity index (χ2n) is 4.44. The number of hydrogen-bond acceptors (Lipinski definition) is 2. The molecule has 1 heterocycles. The molecule has 1 aromatic carbocycles. The zero-order valence-corrected chi connectivity index (χ0v) is 9.31. The third kappa shape index (κ3) is 2.21. The first-order valence-electron chi connectivity index (χ1n) is 5.53. The maximum Gasteiger partial charge on any atom is 0.0843 e. The largest absolute Gasteiger partial charge is 0.388 e. The molecule has 2 rings (SSSR count). The van der Waals surface area contributed by atoms with E-state index in [2.05, 4.69) is 6.92 Å². The standard InChI is InChI=1S/C13H18O2/c1-9-5-3-4-6-12(9)13(14)11-7-10(2)15-8-11/h3-6,10-11,13-14H,7-8H2,1-2H3. The van der Waals surface area contributed by atoms with Crippen LogP contribution in [0.3, 0.4) is 0 Å². The summed E-state index contributed by atoms with van der Waals surface area (Å²) >= 11 is 0. The molecule has 0 bridgehead atoms. The number of aryl methyl sites for hydroxylation is 1. The molecule has 2 heteroatoms. The Morgan fingerprint density at radius 3 is 2.73 bits per heavy atom. The van der Waals surface area contributed by atoms with E-state index >= 15 is 0 Å². The fourth-order valence-electron chi connectivity index (χ4n) is 2.24. The molecule has 0 amide bonds. The molecule has 3 unspecified atom stereocenters. The summed E-state index contributed by atoms with van der Waals surface area (Å²) in [6.45, 7) is 4.78.